The molecule has 0 saturated heterocycles. The van der Waals surface area contributed by atoms with Gasteiger partial charge in [-0.2, -0.15) is 0 Å². The lowest BCUT2D eigenvalue weighted by Gasteiger charge is -2.20. The van der Waals surface area contributed by atoms with Crippen molar-refractivity contribution in [1.29, 1.82) is 0 Å². The van der Waals surface area contributed by atoms with Crippen LogP contribution in [-0.2, 0) is 4.79 Å². The summed E-state index contributed by atoms with van der Waals surface area (Å²) in [6, 6.07) is 3.46. The van der Waals surface area contributed by atoms with Gasteiger partial charge in [-0.3, -0.25) is 4.79 Å². The van der Waals surface area contributed by atoms with E-state index in [-0.39, 0.29) is 11.8 Å². The number of rotatable bonds is 2. The van der Waals surface area contributed by atoms with Crippen LogP contribution in [0.3, 0.4) is 0 Å². The molecule has 2 aliphatic carbocycles. The van der Waals surface area contributed by atoms with Gasteiger partial charge in [0, 0.05) is 17.8 Å². The number of aromatic nitrogens is 1. The number of halogens is 1. The van der Waals surface area contributed by atoms with E-state index in [2.05, 4.69) is 10.3 Å². The van der Waals surface area contributed by atoms with Gasteiger partial charge >= 0.3 is 0 Å². The molecule has 3 nitrogen and oxygen atoms in total. The van der Waals surface area contributed by atoms with Crippen molar-refractivity contribution in [3.05, 3.63) is 23.5 Å². The van der Waals surface area contributed by atoms with E-state index in [9.17, 15) is 4.79 Å². The third kappa shape index (κ3) is 2.16. The van der Waals surface area contributed by atoms with Gasteiger partial charge in [0.25, 0.3) is 0 Å². The molecular formula is C13H15ClN2O. The Morgan fingerprint density at radius 3 is 2.94 bits per heavy atom. The number of nitrogens with zero attached hydrogens (tertiary/aromatic N) is 1. The van der Waals surface area contributed by atoms with Gasteiger partial charge in [0.15, 0.2) is 0 Å². The van der Waals surface area contributed by atoms with Crippen molar-refractivity contribution in [2.24, 2.45) is 17.8 Å². The lowest BCUT2D eigenvalue weighted by atomic mass is 9.88. The summed E-state index contributed by atoms with van der Waals surface area (Å²) in [6.07, 6.45) is 6.46. The van der Waals surface area contributed by atoms with Crippen LogP contribution in [0.4, 0.5) is 5.69 Å². The van der Waals surface area contributed by atoms with Crippen LogP contribution < -0.4 is 5.32 Å². The average molecular weight is 251 g/mol. The maximum absolute atomic E-state index is 12.1. The molecule has 3 rings (SSSR count). The summed E-state index contributed by atoms with van der Waals surface area (Å²) in [4.78, 5) is 16.0. The molecule has 2 bridgehead atoms. The van der Waals surface area contributed by atoms with Crippen LogP contribution in [-0.4, -0.2) is 10.9 Å². The van der Waals surface area contributed by atoms with Crippen LogP contribution in [0, 0.1) is 17.8 Å². The fraction of sp³-hybridized carbons (Fsp3) is 0.538. The molecule has 3 atom stereocenters. The van der Waals surface area contributed by atoms with E-state index >= 15 is 0 Å². The third-order valence-electron chi connectivity index (χ3n) is 4.07. The van der Waals surface area contributed by atoms with Crippen LogP contribution in [0.15, 0.2) is 18.3 Å². The monoisotopic (exact) mass is 250 g/mol. The highest BCUT2D eigenvalue weighted by molar-refractivity contribution is 6.29. The van der Waals surface area contributed by atoms with Crippen molar-refractivity contribution < 1.29 is 4.79 Å². The molecule has 2 fully saturated rings. The van der Waals surface area contributed by atoms with E-state index in [1.807, 2.05) is 0 Å². The molecule has 0 radical (unpaired) electrons. The van der Waals surface area contributed by atoms with E-state index in [0.717, 1.165) is 18.0 Å². The normalized spacial score (nSPS) is 30.5. The number of fused-ring (bicyclic) bond motifs is 2. The first kappa shape index (κ1) is 11.0. The van der Waals surface area contributed by atoms with Gasteiger partial charge < -0.3 is 5.32 Å². The van der Waals surface area contributed by atoms with E-state index in [1.54, 1.807) is 18.3 Å². The van der Waals surface area contributed by atoms with E-state index < -0.39 is 0 Å². The van der Waals surface area contributed by atoms with Crippen LogP contribution in [0.5, 0.6) is 0 Å². The molecule has 1 heterocycles. The maximum atomic E-state index is 12.1. The zero-order valence-corrected chi connectivity index (χ0v) is 10.3. The summed E-state index contributed by atoms with van der Waals surface area (Å²) in [7, 11) is 0. The molecule has 2 aliphatic rings. The highest BCUT2D eigenvalue weighted by Crippen LogP contribution is 2.48. The molecule has 1 amide bonds. The zero-order chi connectivity index (χ0) is 11.8. The Labute approximate surface area is 106 Å². The first-order chi connectivity index (χ1) is 8.22. The zero-order valence-electron chi connectivity index (χ0n) is 9.53. The van der Waals surface area contributed by atoms with Gasteiger partial charge in [-0.15, -0.1) is 0 Å². The van der Waals surface area contributed by atoms with Crippen molar-refractivity contribution >= 4 is 23.2 Å². The summed E-state index contributed by atoms with van der Waals surface area (Å²) in [5.41, 5.74) is 0.748. The number of nitrogens with one attached hydrogen (secondary N) is 1. The predicted octanol–water partition coefficient (Wildman–Crippen LogP) is 3.11. The number of hydrogen-bond donors (Lipinski definition) is 1. The van der Waals surface area contributed by atoms with Crippen molar-refractivity contribution in [2.45, 2.75) is 25.7 Å². The van der Waals surface area contributed by atoms with Gasteiger partial charge in [-0.1, -0.05) is 18.0 Å². The van der Waals surface area contributed by atoms with E-state index in [0.29, 0.717) is 11.1 Å². The van der Waals surface area contributed by atoms with Crippen molar-refractivity contribution in [2.75, 3.05) is 5.32 Å². The minimum Gasteiger partial charge on any atom is -0.326 e. The standard InChI is InChI=1S/C13H15ClN2O/c14-12-7-10(3-4-15-12)16-13(17)11-6-8-1-2-9(11)5-8/h3-4,7-9,11H,1-2,5-6H2,(H,15,16,17). The Bertz CT molecular complexity index is 449. The number of anilines is 1. The van der Waals surface area contributed by atoms with Crippen molar-refractivity contribution in [3.63, 3.8) is 0 Å². The number of pyridine rings is 1. The SMILES string of the molecule is O=C(Nc1ccnc(Cl)c1)C1CC2CCC1C2. The number of amides is 1. The summed E-state index contributed by atoms with van der Waals surface area (Å²) >= 11 is 5.79. The van der Waals surface area contributed by atoms with Gasteiger partial charge in [0.05, 0.1) is 0 Å². The van der Waals surface area contributed by atoms with Gasteiger partial charge in [0.2, 0.25) is 5.91 Å². The fourth-order valence-electron chi connectivity index (χ4n) is 3.28. The first-order valence-electron chi connectivity index (χ1n) is 6.15. The van der Waals surface area contributed by atoms with Gasteiger partial charge in [-0.05, 0) is 43.2 Å². The molecular weight excluding hydrogens is 236 g/mol. The quantitative estimate of drug-likeness (QED) is 0.820. The Hall–Kier alpha value is -1.09. The lowest BCUT2D eigenvalue weighted by molar-refractivity contribution is -0.121. The minimum absolute atomic E-state index is 0.152. The molecule has 2 saturated carbocycles. The molecule has 0 aromatic carbocycles. The number of hydrogen-bond acceptors (Lipinski definition) is 2. The second kappa shape index (κ2) is 4.30. The van der Waals surface area contributed by atoms with Crippen LogP contribution in [0.1, 0.15) is 25.7 Å². The lowest BCUT2D eigenvalue weighted by Crippen LogP contribution is -2.27. The van der Waals surface area contributed by atoms with Crippen molar-refractivity contribution in [3.8, 4) is 0 Å². The summed E-state index contributed by atoms with van der Waals surface area (Å²) in [5.74, 6) is 1.76. The largest absolute Gasteiger partial charge is 0.326 e. The van der Waals surface area contributed by atoms with E-state index in [1.165, 1.54) is 19.3 Å². The first-order valence-corrected chi connectivity index (χ1v) is 6.52. The molecule has 17 heavy (non-hydrogen) atoms. The van der Waals surface area contributed by atoms with Gasteiger partial charge in [-0.25, -0.2) is 4.98 Å². The molecule has 1 aromatic rings. The van der Waals surface area contributed by atoms with Crippen LogP contribution >= 0.6 is 11.6 Å². The average Bonchev–Trinajstić information content (AvgIpc) is 2.90. The molecule has 0 spiro atoms. The summed E-state index contributed by atoms with van der Waals surface area (Å²) in [6.45, 7) is 0. The molecule has 3 unspecified atom stereocenters. The van der Waals surface area contributed by atoms with Crippen LogP contribution in [0.25, 0.3) is 0 Å². The molecule has 90 valence electrons. The second-order valence-corrected chi connectivity index (χ2v) is 5.53. The number of carbonyl (C=O) groups excluding carboxylic acids is 1. The minimum atomic E-state index is 0.152. The molecule has 0 aliphatic heterocycles. The Morgan fingerprint density at radius 2 is 2.29 bits per heavy atom. The maximum Gasteiger partial charge on any atom is 0.227 e. The Morgan fingerprint density at radius 1 is 1.41 bits per heavy atom. The second-order valence-electron chi connectivity index (χ2n) is 5.14. The number of carbonyl (C=O) groups is 1. The third-order valence-corrected chi connectivity index (χ3v) is 4.28. The highest BCUT2D eigenvalue weighted by atomic mass is 35.5. The molecule has 1 aromatic heterocycles. The summed E-state index contributed by atoms with van der Waals surface area (Å²) < 4.78 is 0. The summed E-state index contributed by atoms with van der Waals surface area (Å²) in [5, 5.41) is 3.36. The topological polar surface area (TPSA) is 42.0 Å². The van der Waals surface area contributed by atoms with E-state index in [4.69, 9.17) is 11.6 Å². The molecule has 1 N–H and O–H groups in total. The van der Waals surface area contributed by atoms with Gasteiger partial charge in [0.1, 0.15) is 5.15 Å². The fourth-order valence-corrected chi connectivity index (χ4v) is 3.45. The van der Waals surface area contributed by atoms with Crippen molar-refractivity contribution in [1.82, 2.24) is 4.98 Å². The van der Waals surface area contributed by atoms with Crippen LogP contribution in [0.2, 0.25) is 5.15 Å². The Balaban J connectivity index is 1.68. The molecule has 4 heteroatoms. The predicted molar refractivity (Wildman–Crippen MR) is 66.8 cm³/mol. The Kier molecular flexibility index (Phi) is 2.79. The highest BCUT2D eigenvalue weighted by Gasteiger charge is 2.42. The smallest absolute Gasteiger partial charge is 0.227 e.